The lowest BCUT2D eigenvalue weighted by Crippen LogP contribution is -2.61. The lowest BCUT2D eigenvalue weighted by atomic mass is 9.99. The van der Waals surface area contributed by atoms with Crippen LogP contribution in [0.5, 0.6) is 0 Å². The van der Waals surface area contributed by atoms with Crippen molar-refractivity contribution >= 4 is 40.4 Å². The number of fused-ring (bicyclic) bond motifs is 2. The third-order valence-corrected chi connectivity index (χ3v) is 8.75. The number of benzene rings is 1. The number of rotatable bonds is 6. The van der Waals surface area contributed by atoms with E-state index in [0.29, 0.717) is 29.5 Å². The van der Waals surface area contributed by atoms with Crippen LogP contribution in [0.4, 0.5) is 5.69 Å². The molecule has 4 heterocycles. The first-order chi connectivity index (χ1) is 17.2. The fourth-order valence-electron chi connectivity index (χ4n) is 5.09. The topological polar surface area (TPSA) is 119 Å². The van der Waals surface area contributed by atoms with Gasteiger partial charge in [-0.05, 0) is 50.6 Å². The smallest absolute Gasteiger partial charge is 0.280 e. The van der Waals surface area contributed by atoms with E-state index < -0.39 is 0 Å². The van der Waals surface area contributed by atoms with Crippen LogP contribution in [-0.2, 0) is 24.2 Å². The standard InChI is InChI=1S/C25H33ClN6O3S/c1-25(2,13-33)32-8-6-18-21(12-32)36-24(31-18)23(35)30-20-11-27-7-5-17(20)29-22(34)19-10-14-9-15(26)3-4-16(14)28-19/h3-4,9,17,19-20,27-28,33H,5-8,10-13H2,1-2H3,(H,29,34)(H,30,35)/t17-,19?,20+/m0/s1. The monoisotopic (exact) mass is 532 g/mol. The Bertz CT molecular complexity index is 1150. The molecule has 1 saturated heterocycles. The van der Waals surface area contributed by atoms with Crippen molar-refractivity contribution in [2.75, 3.05) is 31.6 Å². The third-order valence-electron chi connectivity index (χ3n) is 7.43. The molecule has 3 atom stereocenters. The summed E-state index contributed by atoms with van der Waals surface area (Å²) in [7, 11) is 0. The van der Waals surface area contributed by atoms with E-state index in [1.807, 2.05) is 32.0 Å². The Labute approximate surface area is 220 Å². The fraction of sp³-hybridized carbons (Fsp3) is 0.560. The molecule has 3 aliphatic heterocycles. The van der Waals surface area contributed by atoms with Gasteiger partial charge in [-0.25, -0.2) is 4.98 Å². The number of halogens is 1. The van der Waals surface area contributed by atoms with E-state index in [0.717, 1.165) is 47.8 Å². The number of nitrogens with one attached hydrogen (secondary N) is 4. The Balaban J connectivity index is 1.21. The van der Waals surface area contributed by atoms with Crippen LogP contribution in [-0.4, -0.2) is 76.7 Å². The number of nitrogens with zero attached hydrogens (tertiary/aromatic N) is 2. The van der Waals surface area contributed by atoms with Gasteiger partial charge in [0, 0.05) is 53.6 Å². The maximum Gasteiger partial charge on any atom is 0.280 e. The van der Waals surface area contributed by atoms with Gasteiger partial charge in [0.2, 0.25) is 5.91 Å². The second kappa shape index (κ2) is 10.3. The number of hydrogen-bond donors (Lipinski definition) is 5. The molecule has 0 saturated carbocycles. The molecule has 0 bridgehead atoms. The number of piperidine rings is 1. The van der Waals surface area contributed by atoms with Crippen molar-refractivity contribution in [2.45, 2.75) is 63.3 Å². The van der Waals surface area contributed by atoms with Crippen LogP contribution in [0.25, 0.3) is 0 Å². The molecule has 1 fully saturated rings. The Kier molecular flexibility index (Phi) is 7.24. The molecule has 0 spiro atoms. The van der Waals surface area contributed by atoms with E-state index in [1.54, 1.807) is 0 Å². The predicted octanol–water partition coefficient (Wildman–Crippen LogP) is 1.54. The third kappa shape index (κ3) is 5.24. The zero-order valence-corrected chi connectivity index (χ0v) is 22.1. The highest BCUT2D eigenvalue weighted by Gasteiger charge is 2.35. The number of aliphatic hydroxyl groups is 1. The van der Waals surface area contributed by atoms with Crippen LogP contribution >= 0.6 is 22.9 Å². The Morgan fingerprint density at radius 2 is 2.14 bits per heavy atom. The van der Waals surface area contributed by atoms with Crippen molar-refractivity contribution in [3.8, 4) is 0 Å². The molecule has 1 aromatic heterocycles. The summed E-state index contributed by atoms with van der Waals surface area (Å²) in [5.74, 6) is -0.291. The van der Waals surface area contributed by atoms with Crippen LogP contribution < -0.4 is 21.3 Å². The molecule has 1 unspecified atom stereocenters. The van der Waals surface area contributed by atoms with Gasteiger partial charge in [0.1, 0.15) is 6.04 Å². The molecular formula is C25H33ClN6O3S. The summed E-state index contributed by atoms with van der Waals surface area (Å²) in [4.78, 5) is 34.1. The van der Waals surface area contributed by atoms with Gasteiger partial charge < -0.3 is 26.4 Å². The van der Waals surface area contributed by atoms with Gasteiger partial charge in [-0.3, -0.25) is 14.5 Å². The van der Waals surface area contributed by atoms with Crippen LogP contribution in [0.3, 0.4) is 0 Å². The van der Waals surface area contributed by atoms with E-state index >= 15 is 0 Å². The summed E-state index contributed by atoms with van der Waals surface area (Å²) in [6, 6.07) is 4.83. The number of thiazole rings is 1. The summed E-state index contributed by atoms with van der Waals surface area (Å²) in [6.07, 6.45) is 2.06. The van der Waals surface area contributed by atoms with Crippen molar-refractivity contribution in [1.29, 1.82) is 0 Å². The quantitative estimate of drug-likeness (QED) is 0.383. The second-order valence-corrected chi connectivity index (χ2v) is 11.9. The molecule has 0 aliphatic carbocycles. The number of amides is 2. The summed E-state index contributed by atoms with van der Waals surface area (Å²) in [5, 5.41) is 23.7. The predicted molar refractivity (Wildman–Crippen MR) is 141 cm³/mol. The first kappa shape index (κ1) is 25.4. The molecule has 3 aliphatic rings. The van der Waals surface area contributed by atoms with Crippen LogP contribution in [0.2, 0.25) is 5.02 Å². The van der Waals surface area contributed by atoms with Crippen LogP contribution in [0, 0.1) is 0 Å². The van der Waals surface area contributed by atoms with E-state index in [9.17, 15) is 14.7 Å². The van der Waals surface area contributed by atoms with Gasteiger partial charge in [-0.2, -0.15) is 0 Å². The molecule has 194 valence electrons. The molecule has 2 amide bonds. The maximum absolute atomic E-state index is 13.2. The summed E-state index contributed by atoms with van der Waals surface area (Å²) < 4.78 is 0. The highest BCUT2D eigenvalue weighted by molar-refractivity contribution is 7.13. The average Bonchev–Trinajstić information content (AvgIpc) is 3.48. The van der Waals surface area contributed by atoms with E-state index in [-0.39, 0.29) is 42.1 Å². The van der Waals surface area contributed by atoms with Crippen molar-refractivity contribution < 1.29 is 14.7 Å². The lowest BCUT2D eigenvalue weighted by Gasteiger charge is -2.39. The Morgan fingerprint density at radius 3 is 2.94 bits per heavy atom. The van der Waals surface area contributed by atoms with Gasteiger partial charge >= 0.3 is 0 Å². The number of carbonyl (C=O) groups is 2. The average molecular weight is 533 g/mol. The Morgan fingerprint density at radius 1 is 1.31 bits per heavy atom. The highest BCUT2D eigenvalue weighted by atomic mass is 35.5. The van der Waals surface area contributed by atoms with Gasteiger partial charge in [0.15, 0.2) is 5.01 Å². The van der Waals surface area contributed by atoms with Gasteiger partial charge in [-0.15, -0.1) is 11.3 Å². The molecule has 9 nitrogen and oxygen atoms in total. The summed E-state index contributed by atoms with van der Waals surface area (Å²) in [5.41, 5.74) is 2.62. The molecule has 36 heavy (non-hydrogen) atoms. The van der Waals surface area contributed by atoms with Crippen molar-refractivity contribution in [3.05, 3.63) is 44.4 Å². The summed E-state index contributed by atoms with van der Waals surface area (Å²) >= 11 is 7.52. The normalized spacial score (nSPS) is 23.9. The molecule has 1 aromatic carbocycles. The minimum atomic E-state index is -0.360. The van der Waals surface area contributed by atoms with E-state index in [2.05, 4.69) is 31.2 Å². The molecule has 11 heteroatoms. The molecule has 5 rings (SSSR count). The van der Waals surface area contributed by atoms with Crippen molar-refractivity contribution in [3.63, 3.8) is 0 Å². The first-order valence-electron chi connectivity index (χ1n) is 12.4. The SMILES string of the molecule is CC(C)(CO)N1CCc2nc(C(=O)N[C@@H]3CNCC[C@@H]3NC(=O)C3Cc4cc(Cl)ccc4N3)sc2C1. The van der Waals surface area contributed by atoms with Gasteiger partial charge in [0.05, 0.1) is 24.4 Å². The Hall–Kier alpha value is -2.24. The molecule has 2 aromatic rings. The van der Waals surface area contributed by atoms with Crippen LogP contribution in [0.1, 0.15) is 46.2 Å². The first-order valence-corrected chi connectivity index (χ1v) is 13.6. The number of anilines is 1. The number of carbonyl (C=O) groups excluding carboxylic acids is 2. The maximum atomic E-state index is 13.2. The zero-order valence-electron chi connectivity index (χ0n) is 20.6. The number of aromatic nitrogens is 1. The lowest BCUT2D eigenvalue weighted by molar-refractivity contribution is -0.122. The molecule has 5 N–H and O–H groups in total. The minimum Gasteiger partial charge on any atom is -0.394 e. The van der Waals surface area contributed by atoms with Gasteiger partial charge in [0.25, 0.3) is 5.91 Å². The van der Waals surface area contributed by atoms with E-state index in [4.69, 9.17) is 11.6 Å². The van der Waals surface area contributed by atoms with Crippen molar-refractivity contribution in [2.24, 2.45) is 0 Å². The highest BCUT2D eigenvalue weighted by Crippen LogP contribution is 2.30. The molecular weight excluding hydrogens is 500 g/mol. The largest absolute Gasteiger partial charge is 0.394 e. The zero-order chi connectivity index (χ0) is 25.4. The molecule has 0 radical (unpaired) electrons. The van der Waals surface area contributed by atoms with Crippen LogP contribution in [0.15, 0.2) is 18.2 Å². The minimum absolute atomic E-state index is 0.0759. The van der Waals surface area contributed by atoms with E-state index in [1.165, 1.54) is 11.3 Å². The second-order valence-electron chi connectivity index (χ2n) is 10.4. The number of hydrogen-bond acceptors (Lipinski definition) is 8. The van der Waals surface area contributed by atoms with Gasteiger partial charge in [-0.1, -0.05) is 11.6 Å². The number of aliphatic hydroxyl groups excluding tert-OH is 1. The van der Waals surface area contributed by atoms with Crippen molar-refractivity contribution in [1.82, 2.24) is 25.8 Å². The fourth-order valence-corrected chi connectivity index (χ4v) is 6.32. The summed E-state index contributed by atoms with van der Waals surface area (Å²) in [6.45, 7) is 6.95.